The SMILES string of the molecule is CCOc1cccc(C(F)(F)F)c1CNC(=O)Nc1nc(C)cc(OC)n1. The first-order valence-electron chi connectivity index (χ1n) is 8.01. The van der Waals surface area contributed by atoms with Gasteiger partial charge in [-0.15, -0.1) is 0 Å². The number of aromatic nitrogens is 2. The molecule has 0 aliphatic rings. The maximum Gasteiger partial charge on any atom is 0.416 e. The van der Waals surface area contributed by atoms with Crippen molar-refractivity contribution < 1.29 is 27.4 Å². The molecule has 0 fully saturated rings. The number of amides is 2. The highest BCUT2D eigenvalue weighted by molar-refractivity contribution is 5.87. The minimum absolute atomic E-state index is 0.0292. The number of anilines is 1. The lowest BCUT2D eigenvalue weighted by atomic mass is 10.1. The molecular weight excluding hydrogens is 365 g/mol. The summed E-state index contributed by atoms with van der Waals surface area (Å²) in [6, 6.07) is 4.41. The fraction of sp³-hybridized carbons (Fsp3) is 0.353. The summed E-state index contributed by atoms with van der Waals surface area (Å²) in [6.45, 7) is 3.14. The van der Waals surface area contributed by atoms with E-state index in [1.807, 2.05) is 0 Å². The van der Waals surface area contributed by atoms with Gasteiger partial charge in [-0.1, -0.05) is 6.07 Å². The van der Waals surface area contributed by atoms with E-state index in [1.165, 1.54) is 19.2 Å². The van der Waals surface area contributed by atoms with E-state index in [-0.39, 0.29) is 36.3 Å². The molecule has 2 N–H and O–H groups in total. The molecular formula is C17H19F3N4O3. The molecule has 1 aromatic heterocycles. The van der Waals surface area contributed by atoms with Crippen molar-refractivity contribution in [1.29, 1.82) is 0 Å². The third-order valence-corrected chi connectivity index (χ3v) is 3.43. The molecule has 2 amide bonds. The van der Waals surface area contributed by atoms with Crippen molar-refractivity contribution >= 4 is 12.0 Å². The Morgan fingerprint density at radius 3 is 2.63 bits per heavy atom. The van der Waals surface area contributed by atoms with Crippen LogP contribution in [-0.2, 0) is 12.7 Å². The fourth-order valence-electron chi connectivity index (χ4n) is 2.32. The number of hydrogen-bond donors (Lipinski definition) is 2. The summed E-state index contributed by atoms with van der Waals surface area (Å²) in [5.41, 5.74) is -0.481. The van der Waals surface area contributed by atoms with Crippen LogP contribution in [0.4, 0.5) is 23.9 Å². The van der Waals surface area contributed by atoms with Crippen molar-refractivity contribution in [3.63, 3.8) is 0 Å². The number of hydrogen-bond acceptors (Lipinski definition) is 5. The molecule has 0 saturated heterocycles. The van der Waals surface area contributed by atoms with Gasteiger partial charge in [-0.05, 0) is 26.0 Å². The summed E-state index contributed by atoms with van der Waals surface area (Å²) in [5, 5.41) is 4.73. The van der Waals surface area contributed by atoms with Crippen molar-refractivity contribution in [2.45, 2.75) is 26.6 Å². The van der Waals surface area contributed by atoms with Crippen LogP contribution in [0.15, 0.2) is 24.3 Å². The molecule has 0 saturated carbocycles. The van der Waals surface area contributed by atoms with E-state index >= 15 is 0 Å². The Morgan fingerprint density at radius 2 is 2.00 bits per heavy atom. The normalized spacial score (nSPS) is 11.0. The summed E-state index contributed by atoms with van der Waals surface area (Å²) in [5.74, 6) is 0.276. The standard InChI is InChI=1S/C17H19F3N4O3/c1-4-27-13-7-5-6-12(17(18,19)20)11(13)9-21-16(25)24-15-22-10(2)8-14(23-15)26-3/h5-8H,4,9H2,1-3H3,(H2,21,22,23,24,25). The van der Waals surface area contributed by atoms with Gasteiger partial charge in [0, 0.05) is 23.9 Å². The number of urea groups is 1. The van der Waals surface area contributed by atoms with Gasteiger partial charge in [0.05, 0.1) is 19.3 Å². The van der Waals surface area contributed by atoms with Crippen LogP contribution in [0.1, 0.15) is 23.7 Å². The van der Waals surface area contributed by atoms with Crippen molar-refractivity contribution in [1.82, 2.24) is 15.3 Å². The number of alkyl halides is 3. The molecule has 1 aromatic carbocycles. The average Bonchev–Trinajstić information content (AvgIpc) is 2.59. The van der Waals surface area contributed by atoms with Crippen molar-refractivity contribution in [2.75, 3.05) is 19.0 Å². The summed E-state index contributed by atoms with van der Waals surface area (Å²) >= 11 is 0. The van der Waals surface area contributed by atoms with Gasteiger partial charge in [-0.3, -0.25) is 5.32 Å². The molecule has 2 aromatic rings. The fourth-order valence-corrected chi connectivity index (χ4v) is 2.32. The first-order chi connectivity index (χ1) is 12.7. The smallest absolute Gasteiger partial charge is 0.416 e. The van der Waals surface area contributed by atoms with Crippen LogP contribution in [0.2, 0.25) is 0 Å². The van der Waals surface area contributed by atoms with Gasteiger partial charge < -0.3 is 14.8 Å². The number of carbonyl (C=O) groups is 1. The first kappa shape index (κ1) is 20.3. The van der Waals surface area contributed by atoms with Crippen molar-refractivity contribution in [3.8, 4) is 11.6 Å². The second-order valence-corrected chi connectivity index (χ2v) is 5.40. The average molecular weight is 384 g/mol. The van der Waals surface area contributed by atoms with E-state index in [1.54, 1.807) is 19.9 Å². The predicted octanol–water partition coefficient (Wildman–Crippen LogP) is 3.53. The molecule has 0 unspecified atom stereocenters. The highest BCUT2D eigenvalue weighted by atomic mass is 19.4. The van der Waals surface area contributed by atoms with Gasteiger partial charge in [0.1, 0.15) is 5.75 Å². The van der Waals surface area contributed by atoms with E-state index in [0.717, 1.165) is 6.07 Å². The summed E-state index contributed by atoms with van der Waals surface area (Å²) < 4.78 is 50.0. The van der Waals surface area contributed by atoms with Crippen molar-refractivity contribution in [3.05, 3.63) is 41.1 Å². The second-order valence-electron chi connectivity index (χ2n) is 5.40. The number of nitrogens with one attached hydrogen (secondary N) is 2. The molecule has 27 heavy (non-hydrogen) atoms. The van der Waals surface area contributed by atoms with Gasteiger partial charge in [0.2, 0.25) is 11.8 Å². The van der Waals surface area contributed by atoms with E-state index in [9.17, 15) is 18.0 Å². The third-order valence-electron chi connectivity index (χ3n) is 3.43. The van der Waals surface area contributed by atoms with Crippen LogP contribution in [0.25, 0.3) is 0 Å². The maximum atomic E-state index is 13.2. The van der Waals surface area contributed by atoms with Crippen LogP contribution in [-0.4, -0.2) is 29.7 Å². The zero-order chi connectivity index (χ0) is 20.0. The number of aryl methyl sites for hydroxylation is 1. The van der Waals surface area contributed by atoms with Crippen LogP contribution < -0.4 is 20.1 Å². The van der Waals surface area contributed by atoms with Crippen LogP contribution >= 0.6 is 0 Å². The molecule has 2 rings (SSSR count). The molecule has 1 heterocycles. The minimum Gasteiger partial charge on any atom is -0.494 e. The number of nitrogens with zero attached hydrogens (tertiary/aromatic N) is 2. The molecule has 10 heteroatoms. The maximum absolute atomic E-state index is 13.2. The summed E-state index contributed by atoms with van der Waals surface area (Å²) in [7, 11) is 1.41. The van der Waals surface area contributed by atoms with Gasteiger partial charge in [0.25, 0.3) is 0 Å². The number of benzene rings is 1. The summed E-state index contributed by atoms with van der Waals surface area (Å²) in [6.07, 6.45) is -4.58. The number of carbonyl (C=O) groups excluding carboxylic acids is 1. The molecule has 0 bridgehead atoms. The molecule has 7 nitrogen and oxygen atoms in total. The van der Waals surface area contributed by atoms with Crippen LogP contribution in [0.5, 0.6) is 11.6 Å². The molecule has 0 radical (unpaired) electrons. The third kappa shape index (κ3) is 5.47. The minimum atomic E-state index is -4.58. The topological polar surface area (TPSA) is 85.4 Å². The lowest BCUT2D eigenvalue weighted by molar-refractivity contribution is -0.138. The van der Waals surface area contributed by atoms with Gasteiger partial charge in [-0.25, -0.2) is 9.78 Å². The number of methoxy groups -OCH3 is 1. The lowest BCUT2D eigenvalue weighted by Crippen LogP contribution is -2.30. The molecule has 0 aliphatic heterocycles. The van der Waals surface area contributed by atoms with Crippen LogP contribution in [0.3, 0.4) is 0 Å². The highest BCUT2D eigenvalue weighted by Crippen LogP contribution is 2.36. The molecule has 0 spiro atoms. The Balaban J connectivity index is 2.16. The Hall–Kier alpha value is -3.04. The van der Waals surface area contributed by atoms with Gasteiger partial charge in [-0.2, -0.15) is 18.2 Å². The zero-order valence-corrected chi connectivity index (χ0v) is 15.0. The Labute approximate surface area is 153 Å². The van der Waals surface area contributed by atoms with Gasteiger partial charge in [0.15, 0.2) is 0 Å². The van der Waals surface area contributed by atoms with E-state index in [4.69, 9.17) is 9.47 Å². The molecule has 0 atom stereocenters. The Bertz CT molecular complexity index is 812. The zero-order valence-electron chi connectivity index (χ0n) is 15.0. The monoisotopic (exact) mass is 384 g/mol. The van der Waals surface area contributed by atoms with E-state index < -0.39 is 17.8 Å². The first-order valence-corrected chi connectivity index (χ1v) is 8.01. The Kier molecular flexibility index (Phi) is 6.43. The quantitative estimate of drug-likeness (QED) is 0.796. The molecule has 146 valence electrons. The van der Waals surface area contributed by atoms with Crippen LogP contribution in [0, 0.1) is 6.92 Å². The number of ether oxygens (including phenoxy) is 2. The van der Waals surface area contributed by atoms with E-state index in [2.05, 4.69) is 20.6 Å². The Morgan fingerprint density at radius 1 is 1.26 bits per heavy atom. The second kappa shape index (κ2) is 8.56. The number of halogens is 3. The summed E-state index contributed by atoms with van der Waals surface area (Å²) in [4.78, 5) is 20.0. The largest absolute Gasteiger partial charge is 0.494 e. The van der Waals surface area contributed by atoms with Gasteiger partial charge >= 0.3 is 12.2 Å². The number of rotatable bonds is 6. The highest BCUT2D eigenvalue weighted by Gasteiger charge is 2.34. The van der Waals surface area contributed by atoms with Crippen molar-refractivity contribution in [2.24, 2.45) is 0 Å². The predicted molar refractivity (Wildman–Crippen MR) is 91.8 cm³/mol. The molecule has 0 aliphatic carbocycles. The van der Waals surface area contributed by atoms with E-state index in [0.29, 0.717) is 5.69 Å². The lowest BCUT2D eigenvalue weighted by Gasteiger charge is -2.17.